The Morgan fingerprint density at radius 1 is 0.966 bits per heavy atom. The van der Waals surface area contributed by atoms with E-state index in [1.807, 2.05) is 12.1 Å². The highest BCUT2D eigenvalue weighted by Crippen LogP contribution is 2.29. The van der Waals surface area contributed by atoms with Crippen LogP contribution >= 0.6 is 34.8 Å². The summed E-state index contributed by atoms with van der Waals surface area (Å²) in [5.41, 5.74) is 1.36. The van der Waals surface area contributed by atoms with Crippen LogP contribution in [0.15, 0.2) is 42.5 Å². The topological polar surface area (TPSA) is 59.8 Å². The van der Waals surface area contributed by atoms with Crippen molar-refractivity contribution < 1.29 is 4.79 Å². The molecule has 0 bridgehead atoms. The maximum absolute atomic E-state index is 12.8. The molecular weight excluding hydrogens is 431 g/mol. The molecule has 1 aliphatic carbocycles. The Morgan fingerprint density at radius 2 is 1.66 bits per heavy atom. The summed E-state index contributed by atoms with van der Waals surface area (Å²) in [5, 5.41) is 9.07. The van der Waals surface area contributed by atoms with Gasteiger partial charge in [-0.25, -0.2) is 9.67 Å². The highest BCUT2D eigenvalue weighted by atomic mass is 35.5. The molecule has 0 radical (unpaired) electrons. The van der Waals surface area contributed by atoms with Crippen LogP contribution in [-0.4, -0.2) is 26.7 Å². The standard InChI is InChI=1S/C21H19Cl3N4O/c22-14-8-6-13(7-9-14)20-26-19(21(29)25-16-4-2-1-3-5-16)27-28(20)18-11-10-15(23)12-17(18)24/h6-12,16H,1-5H2,(H,25,29). The minimum atomic E-state index is -0.282. The van der Waals surface area contributed by atoms with E-state index in [4.69, 9.17) is 34.8 Å². The Labute approximate surface area is 184 Å². The number of hydrogen-bond acceptors (Lipinski definition) is 3. The summed E-state index contributed by atoms with van der Waals surface area (Å²) >= 11 is 18.5. The Morgan fingerprint density at radius 3 is 2.34 bits per heavy atom. The Balaban J connectivity index is 1.73. The van der Waals surface area contributed by atoms with Crippen molar-refractivity contribution in [2.45, 2.75) is 38.1 Å². The second-order valence-corrected chi connectivity index (χ2v) is 8.36. The molecular formula is C21H19Cl3N4O. The van der Waals surface area contributed by atoms with Gasteiger partial charge < -0.3 is 5.32 Å². The molecule has 4 rings (SSSR count). The summed E-state index contributed by atoms with van der Waals surface area (Å²) in [4.78, 5) is 17.3. The number of halogens is 3. The second kappa shape index (κ2) is 8.74. The van der Waals surface area contributed by atoms with Gasteiger partial charge in [0.2, 0.25) is 5.82 Å². The largest absolute Gasteiger partial charge is 0.347 e. The van der Waals surface area contributed by atoms with Crippen LogP contribution in [0, 0.1) is 0 Å². The van der Waals surface area contributed by atoms with Gasteiger partial charge in [-0.2, -0.15) is 0 Å². The van der Waals surface area contributed by atoms with E-state index in [1.165, 1.54) is 6.42 Å². The van der Waals surface area contributed by atoms with Gasteiger partial charge in [-0.05, 0) is 55.3 Å². The van der Waals surface area contributed by atoms with Gasteiger partial charge >= 0.3 is 0 Å². The normalized spacial score (nSPS) is 14.7. The van der Waals surface area contributed by atoms with Gasteiger partial charge in [-0.1, -0.05) is 54.1 Å². The maximum atomic E-state index is 12.8. The molecule has 1 fully saturated rings. The number of carbonyl (C=O) groups is 1. The van der Waals surface area contributed by atoms with Gasteiger partial charge in [-0.3, -0.25) is 4.79 Å². The lowest BCUT2D eigenvalue weighted by atomic mass is 9.95. The highest BCUT2D eigenvalue weighted by molar-refractivity contribution is 6.35. The van der Waals surface area contributed by atoms with Crippen LogP contribution in [0.25, 0.3) is 17.1 Å². The van der Waals surface area contributed by atoms with Crippen LogP contribution in [-0.2, 0) is 0 Å². The number of nitrogens with zero attached hydrogens (tertiary/aromatic N) is 3. The number of hydrogen-bond donors (Lipinski definition) is 1. The molecule has 2 aromatic carbocycles. The second-order valence-electron chi connectivity index (χ2n) is 7.08. The first kappa shape index (κ1) is 20.2. The Bertz CT molecular complexity index is 1030. The molecule has 1 saturated carbocycles. The van der Waals surface area contributed by atoms with Gasteiger partial charge in [0.1, 0.15) is 0 Å². The summed E-state index contributed by atoms with van der Waals surface area (Å²) < 4.78 is 1.57. The average molecular weight is 450 g/mol. The zero-order valence-corrected chi connectivity index (χ0v) is 17.8. The van der Waals surface area contributed by atoms with Crippen molar-refractivity contribution in [3.8, 4) is 17.1 Å². The lowest BCUT2D eigenvalue weighted by molar-refractivity contribution is 0.0917. The van der Waals surface area contributed by atoms with Crippen molar-refractivity contribution in [1.82, 2.24) is 20.1 Å². The molecule has 0 unspecified atom stereocenters. The SMILES string of the molecule is O=C(NC1CCCCC1)c1nc(-c2ccc(Cl)cc2)n(-c2ccc(Cl)cc2Cl)n1. The molecule has 1 heterocycles. The number of amides is 1. The zero-order valence-electron chi connectivity index (χ0n) is 15.5. The molecule has 0 spiro atoms. The van der Waals surface area contributed by atoms with E-state index < -0.39 is 0 Å². The molecule has 3 aromatic rings. The van der Waals surface area contributed by atoms with E-state index in [0.717, 1.165) is 31.2 Å². The van der Waals surface area contributed by atoms with Gasteiger partial charge in [-0.15, -0.1) is 5.10 Å². The van der Waals surface area contributed by atoms with Gasteiger partial charge in [0.25, 0.3) is 5.91 Å². The molecule has 0 atom stereocenters. The van der Waals surface area contributed by atoms with Crippen molar-refractivity contribution in [3.63, 3.8) is 0 Å². The highest BCUT2D eigenvalue weighted by Gasteiger charge is 2.23. The molecule has 150 valence electrons. The molecule has 5 nitrogen and oxygen atoms in total. The number of nitrogens with one attached hydrogen (secondary N) is 1. The fraction of sp³-hybridized carbons (Fsp3) is 0.286. The fourth-order valence-electron chi connectivity index (χ4n) is 3.51. The lowest BCUT2D eigenvalue weighted by Gasteiger charge is -2.21. The summed E-state index contributed by atoms with van der Waals surface area (Å²) in [6.07, 6.45) is 5.44. The van der Waals surface area contributed by atoms with E-state index in [0.29, 0.717) is 26.6 Å². The summed E-state index contributed by atoms with van der Waals surface area (Å²) in [6, 6.07) is 12.5. The van der Waals surface area contributed by atoms with Crippen LogP contribution in [0.1, 0.15) is 42.7 Å². The summed E-state index contributed by atoms with van der Waals surface area (Å²) in [5.74, 6) is 0.321. The molecule has 1 aromatic heterocycles. The quantitative estimate of drug-likeness (QED) is 0.535. The smallest absolute Gasteiger partial charge is 0.291 e. The molecule has 8 heteroatoms. The maximum Gasteiger partial charge on any atom is 0.291 e. The van der Waals surface area contributed by atoms with Crippen LogP contribution in [0.5, 0.6) is 0 Å². The average Bonchev–Trinajstić information content (AvgIpc) is 3.14. The van der Waals surface area contributed by atoms with Crippen LogP contribution in [0.3, 0.4) is 0 Å². The van der Waals surface area contributed by atoms with E-state index in [1.54, 1.807) is 35.0 Å². The summed E-state index contributed by atoms with van der Waals surface area (Å²) in [6.45, 7) is 0. The van der Waals surface area contributed by atoms with Gasteiger partial charge in [0.05, 0.1) is 10.7 Å². The Hall–Kier alpha value is -2.08. The van der Waals surface area contributed by atoms with Crippen molar-refractivity contribution in [1.29, 1.82) is 0 Å². The molecule has 1 amide bonds. The van der Waals surface area contributed by atoms with Crippen LogP contribution in [0.2, 0.25) is 15.1 Å². The van der Waals surface area contributed by atoms with Crippen molar-refractivity contribution in [2.75, 3.05) is 0 Å². The first-order valence-electron chi connectivity index (χ1n) is 9.50. The van der Waals surface area contributed by atoms with Crippen molar-refractivity contribution >= 4 is 40.7 Å². The predicted octanol–water partition coefficient (Wildman–Crippen LogP) is 5.96. The third-order valence-electron chi connectivity index (χ3n) is 4.99. The minimum Gasteiger partial charge on any atom is -0.347 e. The minimum absolute atomic E-state index is 0.103. The molecule has 1 N–H and O–H groups in total. The first-order valence-corrected chi connectivity index (χ1v) is 10.6. The van der Waals surface area contributed by atoms with Gasteiger partial charge in [0, 0.05) is 21.7 Å². The summed E-state index contributed by atoms with van der Waals surface area (Å²) in [7, 11) is 0. The third-order valence-corrected chi connectivity index (χ3v) is 5.78. The van der Waals surface area contributed by atoms with E-state index in [-0.39, 0.29) is 17.8 Å². The third kappa shape index (κ3) is 4.58. The van der Waals surface area contributed by atoms with E-state index >= 15 is 0 Å². The monoisotopic (exact) mass is 448 g/mol. The lowest BCUT2D eigenvalue weighted by Crippen LogP contribution is -2.36. The van der Waals surface area contributed by atoms with Gasteiger partial charge in [0.15, 0.2) is 5.82 Å². The van der Waals surface area contributed by atoms with E-state index in [9.17, 15) is 4.79 Å². The Kier molecular flexibility index (Phi) is 6.09. The predicted molar refractivity (Wildman–Crippen MR) is 116 cm³/mol. The number of carbonyl (C=O) groups excluding carboxylic acids is 1. The number of benzene rings is 2. The number of aromatic nitrogens is 3. The zero-order chi connectivity index (χ0) is 20.4. The fourth-order valence-corrected chi connectivity index (χ4v) is 4.13. The first-order chi connectivity index (χ1) is 14.0. The molecule has 0 saturated heterocycles. The van der Waals surface area contributed by atoms with Crippen LogP contribution in [0.4, 0.5) is 0 Å². The number of rotatable bonds is 4. The molecule has 0 aliphatic heterocycles. The van der Waals surface area contributed by atoms with E-state index in [2.05, 4.69) is 15.4 Å². The van der Waals surface area contributed by atoms with Crippen molar-refractivity contribution in [3.05, 3.63) is 63.4 Å². The van der Waals surface area contributed by atoms with Crippen LogP contribution < -0.4 is 5.32 Å². The molecule has 29 heavy (non-hydrogen) atoms. The molecule has 1 aliphatic rings. The van der Waals surface area contributed by atoms with Crippen molar-refractivity contribution in [2.24, 2.45) is 0 Å².